The van der Waals surface area contributed by atoms with Crippen molar-refractivity contribution in [3.05, 3.63) is 60.2 Å². The van der Waals surface area contributed by atoms with Crippen LogP contribution >= 0.6 is 0 Å². The highest BCUT2D eigenvalue weighted by molar-refractivity contribution is 7.92. The van der Waals surface area contributed by atoms with Crippen LogP contribution in [0, 0.1) is 5.92 Å². The maximum Gasteiger partial charge on any atom is 0.232 e. The number of nitrogens with one attached hydrogen (secondary N) is 1. The summed E-state index contributed by atoms with van der Waals surface area (Å²) in [5.41, 5.74) is 1.64. The van der Waals surface area contributed by atoms with Gasteiger partial charge in [-0.05, 0) is 55.0 Å². The van der Waals surface area contributed by atoms with Crippen LogP contribution in [-0.4, -0.2) is 33.7 Å². The minimum absolute atomic E-state index is 0.00585. The molecule has 0 unspecified atom stereocenters. The SMILES string of the molecule is CS(=O)(=O)N(CCCC(=O)NCC1CCCCC1)c1ccc(OCc2ccccc2)cc1. The van der Waals surface area contributed by atoms with Crippen LogP contribution in [-0.2, 0) is 21.4 Å². The Labute approximate surface area is 192 Å². The number of amides is 1. The van der Waals surface area contributed by atoms with Crippen molar-refractivity contribution in [3.8, 4) is 5.75 Å². The van der Waals surface area contributed by atoms with Crippen molar-refractivity contribution >= 4 is 21.6 Å². The van der Waals surface area contributed by atoms with Crippen LogP contribution in [0.5, 0.6) is 5.75 Å². The lowest BCUT2D eigenvalue weighted by Gasteiger charge is -2.23. The lowest BCUT2D eigenvalue weighted by molar-refractivity contribution is -0.121. The predicted molar refractivity (Wildman–Crippen MR) is 128 cm³/mol. The summed E-state index contributed by atoms with van der Waals surface area (Å²) in [6.07, 6.45) is 8.15. The molecule has 0 aromatic heterocycles. The molecule has 2 aromatic carbocycles. The lowest BCUT2D eigenvalue weighted by atomic mass is 9.89. The summed E-state index contributed by atoms with van der Waals surface area (Å²) in [7, 11) is -3.45. The molecule has 32 heavy (non-hydrogen) atoms. The van der Waals surface area contributed by atoms with E-state index in [0.717, 1.165) is 12.1 Å². The van der Waals surface area contributed by atoms with Crippen LogP contribution in [0.3, 0.4) is 0 Å². The lowest BCUT2D eigenvalue weighted by Crippen LogP contribution is -2.33. The molecule has 1 amide bonds. The second-order valence-corrected chi connectivity index (χ2v) is 10.4. The molecular weight excluding hydrogens is 424 g/mol. The molecule has 0 spiro atoms. The highest BCUT2D eigenvalue weighted by Crippen LogP contribution is 2.24. The van der Waals surface area contributed by atoms with E-state index >= 15 is 0 Å². The number of ether oxygens (including phenoxy) is 1. The summed E-state index contributed by atoms with van der Waals surface area (Å²) >= 11 is 0. The van der Waals surface area contributed by atoms with E-state index in [1.54, 1.807) is 24.3 Å². The van der Waals surface area contributed by atoms with E-state index < -0.39 is 10.0 Å². The van der Waals surface area contributed by atoms with Gasteiger partial charge in [0.1, 0.15) is 12.4 Å². The molecule has 7 heteroatoms. The van der Waals surface area contributed by atoms with E-state index in [4.69, 9.17) is 4.74 Å². The number of rotatable bonds is 11. The molecule has 1 aliphatic rings. The first-order valence-corrected chi connectivity index (χ1v) is 13.3. The quantitative estimate of drug-likeness (QED) is 0.538. The molecule has 3 rings (SSSR count). The van der Waals surface area contributed by atoms with Gasteiger partial charge < -0.3 is 10.1 Å². The van der Waals surface area contributed by atoms with Crippen LogP contribution in [0.4, 0.5) is 5.69 Å². The summed E-state index contributed by atoms with van der Waals surface area (Å²) in [4.78, 5) is 12.2. The second-order valence-electron chi connectivity index (χ2n) is 8.51. The number of hydrogen-bond donors (Lipinski definition) is 1. The zero-order valence-electron chi connectivity index (χ0n) is 18.8. The van der Waals surface area contributed by atoms with Gasteiger partial charge in [-0.1, -0.05) is 49.6 Å². The minimum atomic E-state index is -3.45. The predicted octanol–water partition coefficient (Wildman–Crippen LogP) is 4.51. The number of hydrogen-bond acceptors (Lipinski definition) is 4. The Morgan fingerprint density at radius 3 is 2.38 bits per heavy atom. The van der Waals surface area contributed by atoms with Gasteiger partial charge in [-0.2, -0.15) is 0 Å². The maximum atomic E-state index is 12.3. The molecule has 1 N–H and O–H groups in total. The molecule has 1 saturated carbocycles. The van der Waals surface area contributed by atoms with Gasteiger partial charge in [0.15, 0.2) is 0 Å². The van der Waals surface area contributed by atoms with Crippen molar-refractivity contribution in [2.75, 3.05) is 23.7 Å². The fourth-order valence-corrected chi connectivity index (χ4v) is 5.02. The number of carbonyl (C=O) groups is 1. The molecule has 1 fully saturated rings. The molecule has 0 atom stereocenters. The van der Waals surface area contributed by atoms with E-state index in [9.17, 15) is 13.2 Å². The number of nitrogens with zero attached hydrogens (tertiary/aromatic N) is 1. The van der Waals surface area contributed by atoms with Crippen molar-refractivity contribution < 1.29 is 17.9 Å². The third-order valence-electron chi connectivity index (χ3n) is 5.85. The molecule has 0 saturated heterocycles. The average molecular weight is 459 g/mol. The highest BCUT2D eigenvalue weighted by atomic mass is 32.2. The van der Waals surface area contributed by atoms with Crippen molar-refractivity contribution in [3.63, 3.8) is 0 Å². The maximum absolute atomic E-state index is 12.3. The van der Waals surface area contributed by atoms with Gasteiger partial charge in [-0.25, -0.2) is 8.42 Å². The van der Waals surface area contributed by atoms with Gasteiger partial charge in [0.25, 0.3) is 0 Å². The summed E-state index contributed by atoms with van der Waals surface area (Å²) in [5.74, 6) is 1.25. The van der Waals surface area contributed by atoms with Gasteiger partial charge in [-0.3, -0.25) is 9.10 Å². The summed E-state index contributed by atoms with van der Waals surface area (Å²) in [6, 6.07) is 16.9. The average Bonchev–Trinajstić information content (AvgIpc) is 2.80. The third-order valence-corrected chi connectivity index (χ3v) is 7.05. The molecule has 0 heterocycles. The highest BCUT2D eigenvalue weighted by Gasteiger charge is 2.18. The van der Waals surface area contributed by atoms with Crippen LogP contribution in [0.2, 0.25) is 0 Å². The smallest absolute Gasteiger partial charge is 0.232 e. The molecule has 0 bridgehead atoms. The monoisotopic (exact) mass is 458 g/mol. The second kappa shape index (κ2) is 11.9. The van der Waals surface area contributed by atoms with E-state index in [1.165, 1.54) is 42.7 Å². The topological polar surface area (TPSA) is 75.7 Å². The first-order valence-electron chi connectivity index (χ1n) is 11.4. The van der Waals surface area contributed by atoms with Crippen molar-refractivity contribution in [2.45, 2.75) is 51.6 Å². The van der Waals surface area contributed by atoms with E-state index in [0.29, 0.717) is 36.8 Å². The molecule has 2 aromatic rings. The Hall–Kier alpha value is -2.54. The third kappa shape index (κ3) is 7.86. The van der Waals surface area contributed by atoms with Gasteiger partial charge in [0.2, 0.25) is 15.9 Å². The number of sulfonamides is 1. The van der Waals surface area contributed by atoms with Gasteiger partial charge in [0, 0.05) is 19.5 Å². The molecule has 0 aliphatic heterocycles. The van der Waals surface area contributed by atoms with Crippen LogP contribution < -0.4 is 14.4 Å². The number of benzene rings is 2. The Morgan fingerprint density at radius 2 is 1.72 bits per heavy atom. The Kier molecular flexibility index (Phi) is 8.97. The van der Waals surface area contributed by atoms with Crippen LogP contribution in [0.15, 0.2) is 54.6 Å². The molecule has 0 radical (unpaired) electrons. The molecule has 6 nitrogen and oxygen atoms in total. The normalized spacial score (nSPS) is 14.7. The fourth-order valence-electron chi connectivity index (χ4n) is 4.06. The fraction of sp³-hybridized carbons (Fsp3) is 0.480. The standard InChI is InChI=1S/C25H34N2O4S/c1-32(29,30)27(18-8-13-25(28)26-19-21-9-4-2-5-10-21)23-14-16-24(17-15-23)31-20-22-11-6-3-7-12-22/h3,6-7,11-12,14-17,21H,2,4-5,8-10,13,18-20H2,1H3,(H,26,28). The summed E-state index contributed by atoms with van der Waals surface area (Å²) < 4.78 is 31.8. The zero-order valence-corrected chi connectivity index (χ0v) is 19.6. The first-order chi connectivity index (χ1) is 15.4. The Bertz CT molecular complexity index is 940. The molecular formula is C25H34N2O4S. The van der Waals surface area contributed by atoms with Gasteiger partial charge >= 0.3 is 0 Å². The van der Waals surface area contributed by atoms with Gasteiger partial charge in [-0.15, -0.1) is 0 Å². The van der Waals surface area contributed by atoms with Crippen LogP contribution in [0.25, 0.3) is 0 Å². The summed E-state index contributed by atoms with van der Waals surface area (Å²) in [6.45, 7) is 1.45. The van der Waals surface area contributed by atoms with E-state index in [-0.39, 0.29) is 12.5 Å². The number of anilines is 1. The van der Waals surface area contributed by atoms with Gasteiger partial charge in [0.05, 0.1) is 11.9 Å². The van der Waals surface area contributed by atoms with Crippen molar-refractivity contribution in [1.82, 2.24) is 5.32 Å². The van der Waals surface area contributed by atoms with Crippen molar-refractivity contribution in [2.24, 2.45) is 5.92 Å². The first kappa shape index (κ1) is 24.1. The van der Waals surface area contributed by atoms with E-state index in [2.05, 4.69) is 5.32 Å². The molecule has 174 valence electrons. The van der Waals surface area contributed by atoms with Crippen molar-refractivity contribution in [1.29, 1.82) is 0 Å². The zero-order chi connectivity index (χ0) is 22.8. The summed E-state index contributed by atoms with van der Waals surface area (Å²) in [5, 5.41) is 3.02. The number of carbonyl (C=O) groups excluding carboxylic acids is 1. The minimum Gasteiger partial charge on any atom is -0.489 e. The van der Waals surface area contributed by atoms with E-state index in [1.807, 2.05) is 30.3 Å². The van der Waals surface area contributed by atoms with Crippen LogP contribution in [0.1, 0.15) is 50.5 Å². The Balaban J connectivity index is 1.48. The Morgan fingerprint density at radius 1 is 1.03 bits per heavy atom. The largest absolute Gasteiger partial charge is 0.489 e. The molecule has 1 aliphatic carbocycles.